The minimum absolute atomic E-state index is 0.0173. The summed E-state index contributed by atoms with van der Waals surface area (Å²) in [6.45, 7) is 0.267. The first-order valence-electron chi connectivity index (χ1n) is 6.80. The van der Waals surface area contributed by atoms with E-state index >= 15 is 0 Å². The number of rotatable bonds is 5. The molecule has 2 rings (SSSR count). The van der Waals surface area contributed by atoms with Gasteiger partial charge >= 0.3 is 0 Å². The molecule has 0 radical (unpaired) electrons. The smallest absolute Gasteiger partial charge is 0.273 e. The van der Waals surface area contributed by atoms with Crippen molar-refractivity contribution in [2.24, 2.45) is 5.41 Å². The van der Waals surface area contributed by atoms with Crippen LogP contribution in [0.3, 0.4) is 0 Å². The Kier molecular flexibility index (Phi) is 4.52. The molecule has 1 aromatic carbocycles. The molecule has 6 nitrogen and oxygen atoms in total. The lowest BCUT2D eigenvalue weighted by molar-refractivity contribution is -0.385. The van der Waals surface area contributed by atoms with E-state index in [0.717, 1.165) is 43.9 Å². The second-order valence-corrected chi connectivity index (χ2v) is 5.50. The molecule has 0 aliphatic heterocycles. The minimum Gasteiger partial charge on any atom is -0.396 e. The normalized spacial score (nSPS) is 16.7. The second-order valence-electron chi connectivity index (χ2n) is 5.50. The van der Waals surface area contributed by atoms with E-state index in [1.54, 1.807) is 0 Å². The standard InChI is InChI=1S/C14H17FN2O4/c15-11-5-10(6-12(7-11)17(20)21)13(19)16-8-14(9-18)3-1-2-4-14/h5-7,18H,1-4,8-9H2,(H,16,19). The van der Waals surface area contributed by atoms with Gasteiger partial charge in [0, 0.05) is 23.6 Å². The molecule has 1 fully saturated rings. The number of hydrogen-bond acceptors (Lipinski definition) is 4. The Balaban J connectivity index is 2.08. The highest BCUT2D eigenvalue weighted by molar-refractivity contribution is 5.94. The minimum atomic E-state index is -0.827. The van der Waals surface area contributed by atoms with E-state index in [1.807, 2.05) is 0 Å². The van der Waals surface area contributed by atoms with Crippen molar-refractivity contribution in [2.75, 3.05) is 13.2 Å². The molecular formula is C14H17FN2O4. The number of carbonyl (C=O) groups is 1. The van der Waals surface area contributed by atoms with Crippen LogP contribution in [0.2, 0.25) is 0 Å². The summed E-state index contributed by atoms with van der Waals surface area (Å²) in [7, 11) is 0. The lowest BCUT2D eigenvalue weighted by atomic mass is 9.87. The van der Waals surface area contributed by atoms with Gasteiger partial charge in [0.05, 0.1) is 17.6 Å². The molecule has 2 N–H and O–H groups in total. The number of aliphatic hydroxyl groups excluding tert-OH is 1. The molecule has 0 unspecified atom stereocenters. The summed E-state index contributed by atoms with van der Waals surface area (Å²) in [5, 5.41) is 22.8. The molecule has 114 valence electrons. The van der Waals surface area contributed by atoms with Crippen molar-refractivity contribution in [3.63, 3.8) is 0 Å². The first kappa shape index (κ1) is 15.4. The van der Waals surface area contributed by atoms with Gasteiger partial charge in [-0.05, 0) is 18.9 Å². The lowest BCUT2D eigenvalue weighted by Crippen LogP contribution is -2.38. The third-order valence-electron chi connectivity index (χ3n) is 3.98. The number of aliphatic hydroxyl groups is 1. The monoisotopic (exact) mass is 296 g/mol. The number of nitro groups is 1. The Bertz CT molecular complexity index is 556. The molecule has 0 atom stereocenters. The molecule has 1 saturated carbocycles. The van der Waals surface area contributed by atoms with Crippen molar-refractivity contribution in [1.82, 2.24) is 5.32 Å². The van der Waals surface area contributed by atoms with E-state index in [9.17, 15) is 24.4 Å². The number of nitrogens with zero attached hydrogens (tertiary/aromatic N) is 1. The fraction of sp³-hybridized carbons (Fsp3) is 0.500. The Morgan fingerprint density at radius 2 is 2.05 bits per heavy atom. The number of carbonyl (C=O) groups excluding carboxylic acids is 1. The van der Waals surface area contributed by atoms with E-state index in [0.29, 0.717) is 0 Å². The zero-order valence-electron chi connectivity index (χ0n) is 11.5. The topological polar surface area (TPSA) is 92.5 Å². The van der Waals surface area contributed by atoms with E-state index < -0.39 is 22.3 Å². The van der Waals surface area contributed by atoms with Crippen molar-refractivity contribution in [3.8, 4) is 0 Å². The Morgan fingerprint density at radius 3 is 2.62 bits per heavy atom. The summed E-state index contributed by atoms with van der Waals surface area (Å²) in [6, 6.07) is 2.77. The van der Waals surface area contributed by atoms with Crippen molar-refractivity contribution in [3.05, 3.63) is 39.7 Å². The van der Waals surface area contributed by atoms with Crippen LogP contribution < -0.4 is 5.32 Å². The molecule has 1 aromatic rings. The number of amides is 1. The highest BCUT2D eigenvalue weighted by Gasteiger charge is 2.33. The third-order valence-corrected chi connectivity index (χ3v) is 3.98. The second kappa shape index (κ2) is 6.17. The van der Waals surface area contributed by atoms with Crippen molar-refractivity contribution in [1.29, 1.82) is 0 Å². The molecule has 1 aliphatic carbocycles. The van der Waals surface area contributed by atoms with E-state index in [2.05, 4.69) is 5.32 Å². The fourth-order valence-corrected chi connectivity index (χ4v) is 2.70. The Labute approximate surface area is 121 Å². The number of nitro benzene ring substituents is 1. The highest BCUT2D eigenvalue weighted by Crippen LogP contribution is 2.36. The zero-order valence-corrected chi connectivity index (χ0v) is 11.5. The van der Waals surface area contributed by atoms with Crippen molar-refractivity contribution >= 4 is 11.6 Å². The van der Waals surface area contributed by atoms with Gasteiger partial charge in [0.1, 0.15) is 5.82 Å². The highest BCUT2D eigenvalue weighted by atomic mass is 19.1. The summed E-state index contributed by atoms with van der Waals surface area (Å²) in [4.78, 5) is 21.9. The van der Waals surface area contributed by atoms with Gasteiger partial charge in [0.15, 0.2) is 0 Å². The molecule has 0 saturated heterocycles. The van der Waals surface area contributed by atoms with Crippen LogP contribution in [0, 0.1) is 21.3 Å². The summed E-state index contributed by atoms with van der Waals surface area (Å²) in [5.74, 6) is -1.40. The van der Waals surface area contributed by atoms with Gasteiger partial charge in [-0.25, -0.2) is 4.39 Å². The quantitative estimate of drug-likeness (QED) is 0.642. The summed E-state index contributed by atoms with van der Waals surface area (Å²) >= 11 is 0. The predicted octanol–water partition coefficient (Wildman–Crippen LogP) is 2.02. The maximum Gasteiger partial charge on any atom is 0.273 e. The van der Waals surface area contributed by atoms with Crippen LogP contribution in [0.4, 0.5) is 10.1 Å². The fourth-order valence-electron chi connectivity index (χ4n) is 2.70. The number of non-ortho nitro benzene ring substituents is 1. The average molecular weight is 296 g/mol. The number of halogens is 1. The van der Waals surface area contributed by atoms with Crippen molar-refractivity contribution < 1.29 is 19.2 Å². The van der Waals surface area contributed by atoms with Crippen LogP contribution in [-0.2, 0) is 0 Å². The predicted molar refractivity (Wildman–Crippen MR) is 73.4 cm³/mol. The third kappa shape index (κ3) is 3.55. The summed E-state index contributed by atoms with van der Waals surface area (Å²) in [5.41, 5.74) is -0.875. The first-order valence-corrected chi connectivity index (χ1v) is 6.80. The van der Waals surface area contributed by atoms with Gasteiger partial charge in [-0.2, -0.15) is 0 Å². The van der Waals surface area contributed by atoms with Gasteiger partial charge in [-0.3, -0.25) is 14.9 Å². The molecule has 1 amide bonds. The van der Waals surface area contributed by atoms with E-state index in [-0.39, 0.29) is 24.1 Å². The van der Waals surface area contributed by atoms with Gasteiger partial charge in [-0.1, -0.05) is 12.8 Å². The largest absolute Gasteiger partial charge is 0.396 e. The Morgan fingerprint density at radius 1 is 1.38 bits per heavy atom. The Hall–Kier alpha value is -2.02. The van der Waals surface area contributed by atoms with Crippen molar-refractivity contribution in [2.45, 2.75) is 25.7 Å². The number of benzene rings is 1. The number of nitrogens with one attached hydrogen (secondary N) is 1. The molecular weight excluding hydrogens is 279 g/mol. The summed E-state index contributed by atoms with van der Waals surface area (Å²) in [6.07, 6.45) is 3.66. The van der Waals surface area contributed by atoms with Gasteiger partial charge in [0.2, 0.25) is 0 Å². The molecule has 7 heteroatoms. The SMILES string of the molecule is O=C(NCC1(CO)CCCC1)c1cc(F)cc([N+](=O)[O-])c1. The average Bonchev–Trinajstić information content (AvgIpc) is 2.93. The van der Waals surface area contributed by atoms with E-state index in [1.165, 1.54) is 0 Å². The van der Waals surface area contributed by atoms with Crippen LogP contribution in [0.5, 0.6) is 0 Å². The molecule has 21 heavy (non-hydrogen) atoms. The lowest BCUT2D eigenvalue weighted by Gasteiger charge is -2.26. The van der Waals surface area contributed by atoms with Crippen LogP contribution in [-0.4, -0.2) is 29.1 Å². The van der Waals surface area contributed by atoms with Crippen LogP contribution >= 0.6 is 0 Å². The molecule has 0 heterocycles. The molecule has 0 bridgehead atoms. The van der Waals surface area contributed by atoms with E-state index in [4.69, 9.17) is 0 Å². The first-order chi connectivity index (χ1) is 9.96. The number of hydrogen-bond donors (Lipinski definition) is 2. The maximum atomic E-state index is 13.3. The molecule has 1 aliphatic rings. The molecule has 0 aromatic heterocycles. The van der Waals surface area contributed by atoms with Gasteiger partial charge in [0.25, 0.3) is 11.6 Å². The zero-order chi connectivity index (χ0) is 15.5. The van der Waals surface area contributed by atoms with Crippen LogP contribution in [0.25, 0.3) is 0 Å². The maximum absolute atomic E-state index is 13.3. The molecule has 0 spiro atoms. The summed E-state index contributed by atoms with van der Waals surface area (Å²) < 4.78 is 13.3. The van der Waals surface area contributed by atoms with Crippen LogP contribution in [0.1, 0.15) is 36.0 Å². The van der Waals surface area contributed by atoms with Gasteiger partial charge < -0.3 is 10.4 Å². The van der Waals surface area contributed by atoms with Gasteiger partial charge in [-0.15, -0.1) is 0 Å². The van der Waals surface area contributed by atoms with Crippen LogP contribution in [0.15, 0.2) is 18.2 Å².